The molecular formula is C19H16Cl2N2OS. The number of hydrogen-bond donors (Lipinski definition) is 3. The molecule has 3 nitrogen and oxygen atoms in total. The van der Waals surface area contributed by atoms with Crippen LogP contribution in [0.25, 0.3) is 0 Å². The third-order valence-corrected chi connectivity index (χ3v) is 5.24. The van der Waals surface area contributed by atoms with Crippen LogP contribution < -0.4 is 11.1 Å². The minimum atomic E-state index is -0.00120. The van der Waals surface area contributed by atoms with Gasteiger partial charge < -0.3 is 16.2 Å². The molecule has 6 heteroatoms. The predicted octanol–water partition coefficient (Wildman–Crippen LogP) is 6.04. The molecule has 0 aliphatic rings. The summed E-state index contributed by atoms with van der Waals surface area (Å²) in [6.07, 6.45) is 0. The van der Waals surface area contributed by atoms with Crippen LogP contribution in [0.5, 0.6) is 5.75 Å². The van der Waals surface area contributed by atoms with E-state index in [4.69, 9.17) is 28.9 Å². The maximum absolute atomic E-state index is 10.1. The van der Waals surface area contributed by atoms with Crippen molar-refractivity contribution in [1.82, 2.24) is 0 Å². The zero-order chi connectivity index (χ0) is 17.8. The Bertz CT molecular complexity index is 885. The lowest BCUT2D eigenvalue weighted by atomic mass is 10.2. The molecule has 0 fully saturated rings. The van der Waals surface area contributed by atoms with Gasteiger partial charge >= 0.3 is 0 Å². The summed E-state index contributed by atoms with van der Waals surface area (Å²) in [6, 6.07) is 19.0. The molecule has 4 N–H and O–H groups in total. The second-order valence-corrected chi connectivity index (χ2v) is 7.38. The van der Waals surface area contributed by atoms with Crippen LogP contribution in [-0.4, -0.2) is 5.11 Å². The fourth-order valence-corrected chi connectivity index (χ4v) is 3.62. The summed E-state index contributed by atoms with van der Waals surface area (Å²) in [7, 11) is 0. The van der Waals surface area contributed by atoms with Gasteiger partial charge in [-0.15, -0.1) is 0 Å². The summed E-state index contributed by atoms with van der Waals surface area (Å²) in [4.78, 5) is 2.22. The molecule has 0 saturated carbocycles. The minimum absolute atomic E-state index is 0.00120. The third-order valence-electron chi connectivity index (χ3n) is 3.57. The van der Waals surface area contributed by atoms with E-state index < -0.39 is 0 Å². The fourth-order valence-electron chi connectivity index (χ4n) is 2.32. The van der Waals surface area contributed by atoms with Crippen molar-refractivity contribution in [2.24, 2.45) is 0 Å². The molecular weight excluding hydrogens is 375 g/mol. The first-order valence-corrected chi connectivity index (χ1v) is 9.13. The molecule has 3 rings (SSSR count). The highest BCUT2D eigenvalue weighted by molar-refractivity contribution is 7.99. The van der Waals surface area contributed by atoms with E-state index in [9.17, 15) is 5.11 Å². The highest BCUT2D eigenvalue weighted by Gasteiger charge is 2.09. The summed E-state index contributed by atoms with van der Waals surface area (Å²) in [6.45, 7) is 0.532. The predicted molar refractivity (Wildman–Crippen MR) is 107 cm³/mol. The van der Waals surface area contributed by atoms with Gasteiger partial charge in [0, 0.05) is 27.0 Å². The molecule has 0 atom stereocenters. The van der Waals surface area contributed by atoms with Crippen LogP contribution in [0, 0.1) is 0 Å². The number of benzene rings is 3. The standard InChI is InChI=1S/C19H16Cl2N2OS/c20-13-5-7-15(8-6-13)25-18-4-2-1-3-12(18)11-23-17-10-14(22)9-16(21)19(17)24/h1-10,23-24H,11,22H2. The number of aromatic hydroxyl groups is 1. The van der Waals surface area contributed by atoms with E-state index in [2.05, 4.69) is 11.4 Å². The maximum Gasteiger partial charge on any atom is 0.157 e. The van der Waals surface area contributed by atoms with Crippen LogP contribution >= 0.6 is 35.0 Å². The lowest BCUT2D eigenvalue weighted by molar-refractivity contribution is 0.477. The Balaban J connectivity index is 1.78. The number of rotatable bonds is 5. The fraction of sp³-hybridized carbons (Fsp3) is 0.0526. The van der Waals surface area contributed by atoms with Crippen molar-refractivity contribution < 1.29 is 5.11 Å². The van der Waals surface area contributed by atoms with Gasteiger partial charge in [-0.25, -0.2) is 0 Å². The van der Waals surface area contributed by atoms with Gasteiger partial charge in [0.1, 0.15) is 0 Å². The van der Waals surface area contributed by atoms with E-state index in [1.165, 1.54) is 6.07 Å². The highest BCUT2D eigenvalue weighted by atomic mass is 35.5. The summed E-state index contributed by atoms with van der Waals surface area (Å²) >= 11 is 13.6. The molecule has 0 aromatic heterocycles. The van der Waals surface area contributed by atoms with Crippen molar-refractivity contribution in [2.75, 3.05) is 11.1 Å². The first-order chi connectivity index (χ1) is 12.0. The van der Waals surface area contributed by atoms with Crippen LogP contribution in [0.1, 0.15) is 5.56 Å². The normalized spacial score (nSPS) is 10.6. The molecule has 0 spiro atoms. The number of nitrogens with one attached hydrogen (secondary N) is 1. The number of anilines is 2. The number of phenols is 1. The molecule has 0 aliphatic carbocycles. The Hall–Kier alpha value is -2.01. The second kappa shape index (κ2) is 7.91. The van der Waals surface area contributed by atoms with Gasteiger partial charge in [0.05, 0.1) is 10.7 Å². The number of nitrogens with two attached hydrogens (primary N) is 1. The Morgan fingerprint density at radius 3 is 2.48 bits per heavy atom. The molecule has 0 saturated heterocycles. The Morgan fingerprint density at radius 1 is 1.00 bits per heavy atom. The molecule has 0 radical (unpaired) electrons. The van der Waals surface area contributed by atoms with E-state index in [0.29, 0.717) is 22.9 Å². The quantitative estimate of drug-likeness (QED) is 0.282. The molecule has 0 unspecified atom stereocenters. The van der Waals surface area contributed by atoms with Gasteiger partial charge in [-0.1, -0.05) is 53.2 Å². The first-order valence-electron chi connectivity index (χ1n) is 7.56. The van der Waals surface area contributed by atoms with E-state index in [-0.39, 0.29) is 10.8 Å². The van der Waals surface area contributed by atoms with Crippen LogP contribution in [0.2, 0.25) is 10.0 Å². The van der Waals surface area contributed by atoms with Gasteiger partial charge in [-0.2, -0.15) is 0 Å². The number of nitrogen functional groups attached to an aromatic ring is 1. The second-order valence-electron chi connectivity index (χ2n) is 5.42. The lowest BCUT2D eigenvalue weighted by Crippen LogP contribution is -2.02. The average molecular weight is 391 g/mol. The van der Waals surface area contributed by atoms with Crippen LogP contribution in [0.3, 0.4) is 0 Å². The Kier molecular flexibility index (Phi) is 5.63. The molecule has 3 aromatic rings. The van der Waals surface area contributed by atoms with Gasteiger partial charge in [-0.3, -0.25) is 0 Å². The van der Waals surface area contributed by atoms with Crippen molar-refractivity contribution in [2.45, 2.75) is 16.3 Å². The van der Waals surface area contributed by atoms with E-state index >= 15 is 0 Å². The Morgan fingerprint density at radius 2 is 1.72 bits per heavy atom. The van der Waals surface area contributed by atoms with Crippen molar-refractivity contribution in [3.05, 3.63) is 76.3 Å². The van der Waals surface area contributed by atoms with Crippen molar-refractivity contribution in [3.63, 3.8) is 0 Å². The molecule has 3 aromatic carbocycles. The average Bonchev–Trinajstić information content (AvgIpc) is 2.60. The molecule has 25 heavy (non-hydrogen) atoms. The number of hydrogen-bond acceptors (Lipinski definition) is 4. The lowest BCUT2D eigenvalue weighted by Gasteiger charge is -2.13. The van der Waals surface area contributed by atoms with Crippen molar-refractivity contribution >= 4 is 46.3 Å². The van der Waals surface area contributed by atoms with E-state index in [1.807, 2.05) is 42.5 Å². The van der Waals surface area contributed by atoms with Crippen LogP contribution in [0.4, 0.5) is 11.4 Å². The number of halogens is 2. The molecule has 128 valence electrons. The zero-order valence-electron chi connectivity index (χ0n) is 13.2. The van der Waals surface area contributed by atoms with E-state index in [1.54, 1.807) is 17.8 Å². The minimum Gasteiger partial charge on any atom is -0.504 e. The summed E-state index contributed by atoms with van der Waals surface area (Å²) in [5.74, 6) is -0.00120. The van der Waals surface area contributed by atoms with Gasteiger partial charge in [0.2, 0.25) is 0 Å². The zero-order valence-corrected chi connectivity index (χ0v) is 15.5. The monoisotopic (exact) mass is 390 g/mol. The smallest absolute Gasteiger partial charge is 0.157 e. The third kappa shape index (κ3) is 4.54. The summed E-state index contributed by atoms with van der Waals surface area (Å²) in [5, 5.41) is 14.2. The van der Waals surface area contributed by atoms with Gasteiger partial charge in [0.15, 0.2) is 5.75 Å². The van der Waals surface area contributed by atoms with Crippen LogP contribution in [-0.2, 0) is 6.54 Å². The van der Waals surface area contributed by atoms with Crippen molar-refractivity contribution in [3.8, 4) is 5.75 Å². The molecule has 0 aliphatic heterocycles. The topological polar surface area (TPSA) is 58.3 Å². The van der Waals surface area contributed by atoms with Crippen LogP contribution in [0.15, 0.2) is 70.5 Å². The Labute approximate surface area is 160 Å². The van der Waals surface area contributed by atoms with Gasteiger partial charge in [0.25, 0.3) is 0 Å². The molecule has 0 amide bonds. The first kappa shape index (κ1) is 17.8. The SMILES string of the molecule is Nc1cc(Cl)c(O)c(NCc2ccccc2Sc2ccc(Cl)cc2)c1. The largest absolute Gasteiger partial charge is 0.504 e. The molecule has 0 heterocycles. The van der Waals surface area contributed by atoms with Crippen molar-refractivity contribution in [1.29, 1.82) is 0 Å². The highest BCUT2D eigenvalue weighted by Crippen LogP contribution is 2.36. The number of phenolic OH excluding ortho intramolecular Hbond substituents is 1. The summed E-state index contributed by atoms with van der Waals surface area (Å²) < 4.78 is 0. The van der Waals surface area contributed by atoms with Gasteiger partial charge in [-0.05, 0) is 48.0 Å². The summed E-state index contributed by atoms with van der Waals surface area (Å²) in [5.41, 5.74) is 7.89. The maximum atomic E-state index is 10.1. The van der Waals surface area contributed by atoms with E-state index in [0.717, 1.165) is 15.4 Å². The molecule has 0 bridgehead atoms.